The second kappa shape index (κ2) is 9.51. The van der Waals surface area contributed by atoms with Gasteiger partial charge in [0.2, 0.25) is 0 Å². The predicted molar refractivity (Wildman–Crippen MR) is 115 cm³/mol. The smallest absolute Gasteiger partial charge is 0.345 e. The number of aromatic nitrogens is 1. The van der Waals surface area contributed by atoms with Gasteiger partial charge in [-0.05, 0) is 55.8 Å². The van der Waals surface area contributed by atoms with Gasteiger partial charge in [-0.2, -0.15) is 13.2 Å². The summed E-state index contributed by atoms with van der Waals surface area (Å²) in [6.45, 7) is 3.10. The van der Waals surface area contributed by atoms with Crippen LogP contribution in [0.4, 0.5) is 29.3 Å². The van der Waals surface area contributed by atoms with Crippen molar-refractivity contribution in [1.29, 1.82) is 0 Å². The van der Waals surface area contributed by atoms with Crippen LogP contribution in [0.15, 0.2) is 66.7 Å². The molecule has 1 aromatic heterocycles. The fraction of sp³-hybridized carbons (Fsp3) is 0.174. The second-order valence-corrected chi connectivity index (χ2v) is 7.09. The molecule has 0 spiro atoms. The maximum atomic E-state index is 12.8. The number of halogens is 3. The number of anilines is 2. The summed E-state index contributed by atoms with van der Waals surface area (Å²) in [7, 11) is 0. The zero-order valence-corrected chi connectivity index (χ0v) is 17.3. The number of amides is 3. The molecule has 1 heterocycles. The van der Waals surface area contributed by atoms with Crippen molar-refractivity contribution in [2.24, 2.45) is 0 Å². The van der Waals surface area contributed by atoms with Gasteiger partial charge in [0.15, 0.2) is 0 Å². The van der Waals surface area contributed by atoms with E-state index in [9.17, 15) is 22.8 Å². The highest BCUT2D eigenvalue weighted by molar-refractivity contribution is 5.99. The number of nitrogens with one attached hydrogen (secondary N) is 3. The SMILES string of the molecule is Cc1nc(C(F)(F)F)ccc1C(=O)NC(C)c1ccc(NC(=O)Nc2ccccc2)cc1. The summed E-state index contributed by atoms with van der Waals surface area (Å²) in [4.78, 5) is 28.0. The average molecular weight is 442 g/mol. The van der Waals surface area contributed by atoms with Gasteiger partial charge in [-0.25, -0.2) is 9.78 Å². The molecule has 166 valence electrons. The second-order valence-electron chi connectivity index (χ2n) is 7.09. The van der Waals surface area contributed by atoms with Crippen molar-refractivity contribution in [2.45, 2.75) is 26.1 Å². The molecule has 1 atom stereocenters. The van der Waals surface area contributed by atoms with Gasteiger partial charge >= 0.3 is 12.2 Å². The molecule has 6 nitrogen and oxygen atoms in total. The molecule has 0 aliphatic rings. The minimum absolute atomic E-state index is 0.00602. The number of urea groups is 1. The van der Waals surface area contributed by atoms with Gasteiger partial charge in [0.25, 0.3) is 5.91 Å². The summed E-state index contributed by atoms with van der Waals surface area (Å²) in [5.74, 6) is -0.527. The first-order valence-corrected chi connectivity index (χ1v) is 9.72. The van der Waals surface area contributed by atoms with E-state index in [4.69, 9.17) is 0 Å². The normalized spacial score (nSPS) is 12.0. The Balaban J connectivity index is 1.60. The van der Waals surface area contributed by atoms with Crippen molar-refractivity contribution < 1.29 is 22.8 Å². The molecule has 3 rings (SSSR count). The highest BCUT2D eigenvalue weighted by Crippen LogP contribution is 2.28. The van der Waals surface area contributed by atoms with Gasteiger partial charge in [-0.15, -0.1) is 0 Å². The van der Waals surface area contributed by atoms with Crippen LogP contribution in [0.3, 0.4) is 0 Å². The molecule has 9 heteroatoms. The van der Waals surface area contributed by atoms with Crippen LogP contribution < -0.4 is 16.0 Å². The summed E-state index contributed by atoms with van der Waals surface area (Å²) in [6.07, 6.45) is -4.57. The molecule has 3 aromatic rings. The zero-order chi connectivity index (χ0) is 23.3. The summed E-state index contributed by atoms with van der Waals surface area (Å²) < 4.78 is 38.3. The first kappa shape index (κ1) is 22.8. The zero-order valence-electron chi connectivity index (χ0n) is 17.3. The molecule has 3 amide bonds. The van der Waals surface area contributed by atoms with Gasteiger partial charge in [0, 0.05) is 11.4 Å². The number of carbonyl (C=O) groups is 2. The molecular formula is C23H21F3N4O2. The summed E-state index contributed by atoms with van der Waals surface area (Å²) in [5, 5.41) is 8.16. The van der Waals surface area contributed by atoms with Crippen LogP contribution in [-0.2, 0) is 6.18 Å². The first-order valence-electron chi connectivity index (χ1n) is 9.72. The largest absolute Gasteiger partial charge is 0.433 e. The molecule has 1 unspecified atom stereocenters. The molecule has 0 aliphatic carbocycles. The van der Waals surface area contributed by atoms with E-state index < -0.39 is 29.9 Å². The van der Waals surface area contributed by atoms with Crippen LogP contribution in [0.25, 0.3) is 0 Å². The Morgan fingerprint density at radius 1 is 0.875 bits per heavy atom. The van der Waals surface area contributed by atoms with Crippen LogP contribution in [0, 0.1) is 6.92 Å². The lowest BCUT2D eigenvalue weighted by atomic mass is 10.1. The highest BCUT2D eigenvalue weighted by atomic mass is 19.4. The van der Waals surface area contributed by atoms with Crippen molar-refractivity contribution in [1.82, 2.24) is 10.3 Å². The standard InChI is InChI=1S/C23H21F3N4O2/c1-14(28-21(31)19-12-13-20(23(24,25)26)27-15(19)2)16-8-10-18(11-9-16)30-22(32)29-17-6-4-3-5-7-17/h3-14H,1-2H3,(H,28,31)(H2,29,30,32). The number of pyridine rings is 1. The van der Waals surface area contributed by atoms with Crippen molar-refractivity contribution in [3.05, 3.63) is 89.2 Å². The monoisotopic (exact) mass is 442 g/mol. The Morgan fingerprint density at radius 2 is 1.47 bits per heavy atom. The van der Waals surface area contributed by atoms with Crippen LogP contribution in [0.1, 0.15) is 40.3 Å². The molecular weight excluding hydrogens is 421 g/mol. The van der Waals surface area contributed by atoms with E-state index in [1.165, 1.54) is 6.92 Å². The van der Waals surface area contributed by atoms with E-state index in [1.54, 1.807) is 43.3 Å². The van der Waals surface area contributed by atoms with Crippen molar-refractivity contribution in [2.75, 3.05) is 10.6 Å². The lowest BCUT2D eigenvalue weighted by Gasteiger charge is -2.16. The summed E-state index contributed by atoms with van der Waals surface area (Å²) in [6, 6.07) is 16.9. The topological polar surface area (TPSA) is 83.1 Å². The van der Waals surface area contributed by atoms with E-state index in [0.29, 0.717) is 11.4 Å². The van der Waals surface area contributed by atoms with E-state index in [1.807, 2.05) is 18.2 Å². The summed E-state index contributed by atoms with van der Waals surface area (Å²) >= 11 is 0. The lowest BCUT2D eigenvalue weighted by molar-refractivity contribution is -0.141. The molecule has 32 heavy (non-hydrogen) atoms. The van der Waals surface area contributed by atoms with Gasteiger partial charge in [0.05, 0.1) is 17.3 Å². The number of rotatable bonds is 5. The minimum atomic E-state index is -4.57. The molecule has 0 bridgehead atoms. The van der Waals surface area contributed by atoms with E-state index in [-0.39, 0.29) is 11.3 Å². The number of aryl methyl sites for hydroxylation is 1. The fourth-order valence-electron chi connectivity index (χ4n) is 2.99. The van der Waals surface area contributed by atoms with Gasteiger partial charge < -0.3 is 16.0 Å². The fourth-order valence-corrected chi connectivity index (χ4v) is 2.99. The van der Waals surface area contributed by atoms with Gasteiger partial charge in [-0.3, -0.25) is 4.79 Å². The number of carbonyl (C=O) groups excluding carboxylic acids is 2. The number of alkyl halides is 3. The number of para-hydroxylation sites is 1. The molecule has 0 fully saturated rings. The van der Waals surface area contributed by atoms with Crippen molar-refractivity contribution in [3.8, 4) is 0 Å². The Kier molecular flexibility index (Phi) is 6.77. The Hall–Kier alpha value is -3.88. The number of hydrogen-bond donors (Lipinski definition) is 3. The Morgan fingerprint density at radius 3 is 2.03 bits per heavy atom. The van der Waals surface area contributed by atoms with E-state index >= 15 is 0 Å². The molecule has 0 aliphatic heterocycles. The quantitative estimate of drug-likeness (QED) is 0.485. The third-order valence-electron chi connectivity index (χ3n) is 4.67. The number of benzene rings is 2. The number of hydrogen-bond acceptors (Lipinski definition) is 3. The van der Waals surface area contributed by atoms with Gasteiger partial charge in [-0.1, -0.05) is 30.3 Å². The average Bonchev–Trinajstić information content (AvgIpc) is 2.74. The molecule has 2 aromatic carbocycles. The minimum Gasteiger partial charge on any atom is -0.345 e. The van der Waals surface area contributed by atoms with Crippen LogP contribution in [0.2, 0.25) is 0 Å². The van der Waals surface area contributed by atoms with Crippen LogP contribution in [-0.4, -0.2) is 16.9 Å². The summed E-state index contributed by atoms with van der Waals surface area (Å²) in [5.41, 5.74) is 0.993. The third kappa shape index (κ3) is 5.84. The number of nitrogens with zero attached hydrogens (tertiary/aromatic N) is 1. The maximum Gasteiger partial charge on any atom is 0.433 e. The third-order valence-corrected chi connectivity index (χ3v) is 4.67. The molecule has 3 N–H and O–H groups in total. The molecule has 0 saturated carbocycles. The van der Waals surface area contributed by atoms with E-state index in [2.05, 4.69) is 20.9 Å². The van der Waals surface area contributed by atoms with E-state index in [0.717, 1.165) is 17.7 Å². The molecule has 0 radical (unpaired) electrons. The van der Waals surface area contributed by atoms with Crippen LogP contribution >= 0.6 is 0 Å². The Bertz CT molecular complexity index is 1100. The first-order chi connectivity index (χ1) is 15.1. The van der Waals surface area contributed by atoms with Crippen molar-refractivity contribution >= 4 is 23.3 Å². The lowest BCUT2D eigenvalue weighted by Crippen LogP contribution is -2.28. The Labute approximate surface area is 182 Å². The van der Waals surface area contributed by atoms with Crippen LogP contribution in [0.5, 0.6) is 0 Å². The van der Waals surface area contributed by atoms with Crippen molar-refractivity contribution in [3.63, 3.8) is 0 Å². The predicted octanol–water partition coefficient (Wildman–Crippen LogP) is 5.54. The van der Waals surface area contributed by atoms with Gasteiger partial charge in [0.1, 0.15) is 5.69 Å². The highest BCUT2D eigenvalue weighted by Gasteiger charge is 2.33. The molecule has 0 saturated heterocycles. The maximum absolute atomic E-state index is 12.8.